The third kappa shape index (κ3) is 3.56. The quantitative estimate of drug-likeness (QED) is 0.320. The minimum atomic E-state index is -1.09. The molecule has 3 aromatic rings. The van der Waals surface area contributed by atoms with Crippen LogP contribution in [0.25, 0.3) is 0 Å². The lowest BCUT2D eigenvalue weighted by atomic mass is 9.85. The number of nitrogens with one attached hydrogen (secondary N) is 1. The number of anilines is 2. The molecule has 0 spiro atoms. The van der Waals surface area contributed by atoms with Gasteiger partial charge in [-0.05, 0) is 41.5 Å². The second kappa shape index (κ2) is 8.52. The van der Waals surface area contributed by atoms with Gasteiger partial charge in [-0.3, -0.25) is 29.5 Å². The van der Waals surface area contributed by atoms with E-state index >= 15 is 0 Å². The number of nitrogens with zero attached hydrogens (tertiary/aromatic N) is 4. The molecule has 184 valence electrons. The minimum absolute atomic E-state index is 0.0922. The van der Waals surface area contributed by atoms with Crippen molar-refractivity contribution in [1.29, 1.82) is 0 Å². The Hall–Kier alpha value is -4.57. The first-order valence-corrected chi connectivity index (χ1v) is 11.8. The normalized spacial score (nSPS) is 23.5. The van der Waals surface area contributed by atoms with Gasteiger partial charge in [-0.1, -0.05) is 41.9 Å². The fourth-order valence-electron chi connectivity index (χ4n) is 5.42. The summed E-state index contributed by atoms with van der Waals surface area (Å²) >= 11 is 5.96. The molecule has 3 heterocycles. The lowest BCUT2D eigenvalue weighted by Gasteiger charge is -2.33. The fourth-order valence-corrected chi connectivity index (χ4v) is 5.54. The van der Waals surface area contributed by atoms with Crippen LogP contribution in [0.3, 0.4) is 0 Å². The van der Waals surface area contributed by atoms with Crippen LogP contribution in [0, 0.1) is 22.0 Å². The summed E-state index contributed by atoms with van der Waals surface area (Å²) in [6.07, 6.45) is 1.61. The van der Waals surface area contributed by atoms with Crippen LogP contribution in [-0.4, -0.2) is 39.9 Å². The Morgan fingerprint density at radius 3 is 2.46 bits per heavy atom. The molecule has 37 heavy (non-hydrogen) atoms. The molecule has 0 aliphatic carbocycles. The number of carbonyl (C=O) groups is 3. The molecule has 0 radical (unpaired) electrons. The number of benzene rings is 3. The van der Waals surface area contributed by atoms with Crippen LogP contribution in [0.15, 0.2) is 77.9 Å². The second-order valence-electron chi connectivity index (χ2n) is 8.98. The molecule has 3 aromatic carbocycles. The standard InChI is InChI=1S/C26H18ClN5O5/c27-15-8-10-16(11-9-15)29-24(33)23-21-20(22-19-7-2-1-4-14(19)13-28-31(22)23)25(34)30(26(21)35)17-5-3-6-18(12-17)32(36)37/h1-13,20-23H,(H,29,33)/t20-,21-,22+,23+/m1/s1. The van der Waals surface area contributed by atoms with E-state index < -0.39 is 46.6 Å². The number of non-ortho nitro benzene ring substituents is 1. The molecule has 0 bridgehead atoms. The van der Waals surface area contributed by atoms with Crippen LogP contribution < -0.4 is 10.2 Å². The lowest BCUT2D eigenvalue weighted by molar-refractivity contribution is -0.384. The van der Waals surface area contributed by atoms with Crippen molar-refractivity contribution >= 4 is 52.6 Å². The number of hydrogen-bond donors (Lipinski definition) is 1. The second-order valence-corrected chi connectivity index (χ2v) is 9.42. The molecule has 2 fully saturated rings. The highest BCUT2D eigenvalue weighted by atomic mass is 35.5. The first-order chi connectivity index (χ1) is 17.8. The van der Waals surface area contributed by atoms with Crippen molar-refractivity contribution in [3.05, 3.63) is 99.1 Å². The maximum absolute atomic E-state index is 13.8. The molecular weight excluding hydrogens is 498 g/mol. The van der Waals surface area contributed by atoms with Gasteiger partial charge in [-0.15, -0.1) is 0 Å². The predicted molar refractivity (Wildman–Crippen MR) is 135 cm³/mol. The molecule has 3 aliphatic rings. The first-order valence-electron chi connectivity index (χ1n) is 11.4. The van der Waals surface area contributed by atoms with E-state index in [0.29, 0.717) is 10.7 Å². The largest absolute Gasteiger partial charge is 0.324 e. The Balaban J connectivity index is 1.44. The number of hydrogen-bond acceptors (Lipinski definition) is 7. The predicted octanol–water partition coefficient (Wildman–Crippen LogP) is 3.77. The number of rotatable bonds is 4. The summed E-state index contributed by atoms with van der Waals surface area (Å²) in [5, 5.41) is 20.7. The number of amides is 3. The number of nitro benzene ring substituents is 1. The van der Waals surface area contributed by atoms with Gasteiger partial charge >= 0.3 is 0 Å². The van der Waals surface area contributed by atoms with E-state index in [1.165, 1.54) is 29.3 Å². The minimum Gasteiger partial charge on any atom is -0.324 e. The van der Waals surface area contributed by atoms with Crippen LogP contribution in [0.4, 0.5) is 17.1 Å². The Kier molecular flexibility index (Phi) is 5.27. The van der Waals surface area contributed by atoms with Crippen molar-refractivity contribution in [3.63, 3.8) is 0 Å². The molecule has 1 N–H and O–H groups in total. The van der Waals surface area contributed by atoms with E-state index in [-0.39, 0.29) is 11.4 Å². The molecule has 0 unspecified atom stereocenters. The Bertz CT molecular complexity index is 1510. The molecule has 4 atom stereocenters. The van der Waals surface area contributed by atoms with E-state index in [1.54, 1.807) is 30.5 Å². The molecule has 2 saturated heterocycles. The van der Waals surface area contributed by atoms with Crippen molar-refractivity contribution in [3.8, 4) is 0 Å². The highest BCUT2D eigenvalue weighted by molar-refractivity contribution is 6.30. The lowest BCUT2D eigenvalue weighted by Crippen LogP contribution is -2.46. The summed E-state index contributed by atoms with van der Waals surface area (Å²) in [7, 11) is 0. The number of imide groups is 1. The van der Waals surface area contributed by atoms with Crippen LogP contribution >= 0.6 is 11.6 Å². The third-order valence-corrected chi connectivity index (χ3v) is 7.22. The van der Waals surface area contributed by atoms with Crippen LogP contribution in [0.5, 0.6) is 0 Å². The van der Waals surface area contributed by atoms with E-state index in [1.807, 2.05) is 24.3 Å². The monoisotopic (exact) mass is 515 g/mol. The third-order valence-electron chi connectivity index (χ3n) is 6.97. The van der Waals surface area contributed by atoms with Gasteiger partial charge < -0.3 is 5.32 Å². The zero-order valence-electron chi connectivity index (χ0n) is 19.0. The van der Waals surface area contributed by atoms with Crippen molar-refractivity contribution in [2.75, 3.05) is 10.2 Å². The summed E-state index contributed by atoms with van der Waals surface area (Å²) in [5.41, 5.74) is 1.88. The van der Waals surface area contributed by atoms with E-state index in [2.05, 4.69) is 10.4 Å². The molecule has 0 saturated carbocycles. The number of fused-ring (bicyclic) bond motifs is 5. The van der Waals surface area contributed by atoms with Gasteiger partial charge in [0.15, 0.2) is 0 Å². The Labute approximate surface area is 215 Å². The molecule has 6 rings (SSSR count). The fraction of sp³-hybridized carbons (Fsp3) is 0.154. The molecule has 3 amide bonds. The van der Waals surface area contributed by atoms with Crippen molar-refractivity contribution in [2.24, 2.45) is 16.9 Å². The number of nitro groups is 1. The average molecular weight is 516 g/mol. The number of halogens is 1. The maximum Gasteiger partial charge on any atom is 0.271 e. The van der Waals surface area contributed by atoms with Gasteiger partial charge in [0, 0.05) is 22.8 Å². The van der Waals surface area contributed by atoms with Gasteiger partial charge in [0.1, 0.15) is 6.04 Å². The summed E-state index contributed by atoms with van der Waals surface area (Å²) in [6, 6.07) is 17.5. The molecular formula is C26H18ClN5O5. The molecule has 0 aromatic heterocycles. The Morgan fingerprint density at radius 2 is 1.70 bits per heavy atom. The van der Waals surface area contributed by atoms with E-state index in [0.717, 1.165) is 16.0 Å². The van der Waals surface area contributed by atoms with Crippen molar-refractivity contribution in [1.82, 2.24) is 5.01 Å². The van der Waals surface area contributed by atoms with E-state index in [4.69, 9.17) is 11.6 Å². The Morgan fingerprint density at radius 1 is 0.973 bits per heavy atom. The topological polar surface area (TPSA) is 125 Å². The smallest absolute Gasteiger partial charge is 0.271 e. The van der Waals surface area contributed by atoms with E-state index in [9.17, 15) is 24.5 Å². The van der Waals surface area contributed by atoms with Crippen molar-refractivity contribution in [2.45, 2.75) is 12.1 Å². The average Bonchev–Trinajstić information content (AvgIpc) is 3.38. The first kappa shape index (κ1) is 22.9. The summed E-state index contributed by atoms with van der Waals surface area (Å²) < 4.78 is 0. The van der Waals surface area contributed by atoms with Gasteiger partial charge in [0.05, 0.1) is 34.7 Å². The van der Waals surface area contributed by atoms with Gasteiger partial charge in [0.2, 0.25) is 17.7 Å². The highest BCUT2D eigenvalue weighted by Gasteiger charge is 2.65. The van der Waals surface area contributed by atoms with Gasteiger partial charge in [-0.2, -0.15) is 5.10 Å². The summed E-state index contributed by atoms with van der Waals surface area (Å²) in [6.45, 7) is 0. The van der Waals surface area contributed by atoms with Gasteiger partial charge in [0.25, 0.3) is 5.69 Å². The SMILES string of the molecule is O=C(Nc1ccc(Cl)cc1)[C@@H]1[C@@H]2C(=O)N(c3cccc([N+](=O)[O-])c3)C(=O)[C@H]2[C@@H]2c3ccccc3C=NN12. The molecule has 11 heteroatoms. The molecule has 3 aliphatic heterocycles. The van der Waals surface area contributed by atoms with Crippen LogP contribution in [0.1, 0.15) is 17.2 Å². The maximum atomic E-state index is 13.8. The summed E-state index contributed by atoms with van der Waals surface area (Å²) in [4.78, 5) is 52.9. The molecule has 10 nitrogen and oxygen atoms in total. The highest BCUT2D eigenvalue weighted by Crippen LogP contribution is 2.52. The summed E-state index contributed by atoms with van der Waals surface area (Å²) in [5.74, 6) is -3.59. The van der Waals surface area contributed by atoms with Crippen molar-refractivity contribution < 1.29 is 19.3 Å². The zero-order chi connectivity index (χ0) is 25.8. The zero-order valence-corrected chi connectivity index (χ0v) is 19.8. The van der Waals surface area contributed by atoms with Crippen LogP contribution in [0.2, 0.25) is 5.02 Å². The van der Waals surface area contributed by atoms with Crippen LogP contribution in [-0.2, 0) is 14.4 Å². The number of hydrazone groups is 1. The van der Waals surface area contributed by atoms with Gasteiger partial charge in [-0.25, -0.2) is 4.90 Å². The number of carbonyl (C=O) groups excluding carboxylic acids is 3.